The van der Waals surface area contributed by atoms with E-state index in [0.717, 1.165) is 35.9 Å². The number of fused-ring (bicyclic) bond motifs is 3. The predicted molar refractivity (Wildman–Crippen MR) is 94.6 cm³/mol. The normalized spacial score (nSPS) is 16.0. The lowest BCUT2D eigenvalue weighted by atomic mass is 9.95. The third kappa shape index (κ3) is 2.73. The molecular formula is C17H20N4O2S. The van der Waals surface area contributed by atoms with Crippen molar-refractivity contribution >= 4 is 33.0 Å². The lowest BCUT2D eigenvalue weighted by molar-refractivity contribution is -0.122. The van der Waals surface area contributed by atoms with Gasteiger partial charge in [-0.2, -0.15) is 5.10 Å². The molecular weight excluding hydrogens is 324 g/mol. The molecule has 7 heteroatoms. The second-order valence-corrected chi connectivity index (χ2v) is 7.79. The minimum atomic E-state index is -0.225. The van der Waals surface area contributed by atoms with Crippen molar-refractivity contribution in [2.24, 2.45) is 0 Å². The van der Waals surface area contributed by atoms with E-state index in [4.69, 9.17) is 0 Å². The van der Waals surface area contributed by atoms with Crippen LogP contribution in [0.2, 0.25) is 0 Å². The van der Waals surface area contributed by atoms with Crippen molar-refractivity contribution in [1.82, 2.24) is 19.5 Å². The molecule has 3 heterocycles. The summed E-state index contributed by atoms with van der Waals surface area (Å²) in [6, 6.07) is 4.17. The number of aromatic nitrogens is 3. The molecule has 0 spiro atoms. The average Bonchev–Trinajstić information content (AvgIpc) is 3.08. The largest absolute Gasteiger partial charge is 0.352 e. The number of hydrogen-bond acceptors (Lipinski definition) is 4. The van der Waals surface area contributed by atoms with Crippen molar-refractivity contribution < 1.29 is 4.79 Å². The summed E-state index contributed by atoms with van der Waals surface area (Å²) in [5.74, 6) is -0.134. The molecule has 1 amide bonds. The van der Waals surface area contributed by atoms with E-state index in [1.165, 1.54) is 16.0 Å². The third-order valence-corrected chi connectivity index (χ3v) is 5.66. The summed E-state index contributed by atoms with van der Waals surface area (Å²) in [5.41, 5.74) is 1.34. The van der Waals surface area contributed by atoms with Crippen LogP contribution in [0.15, 0.2) is 23.3 Å². The zero-order valence-electron chi connectivity index (χ0n) is 13.6. The highest BCUT2D eigenvalue weighted by molar-refractivity contribution is 7.19. The summed E-state index contributed by atoms with van der Waals surface area (Å²) in [4.78, 5) is 26.0. The molecule has 24 heavy (non-hydrogen) atoms. The molecule has 126 valence electrons. The van der Waals surface area contributed by atoms with Crippen LogP contribution in [0.3, 0.4) is 0 Å². The first-order valence-electron chi connectivity index (χ1n) is 8.38. The summed E-state index contributed by atoms with van der Waals surface area (Å²) in [6.07, 6.45) is 7.25. The van der Waals surface area contributed by atoms with Gasteiger partial charge >= 0.3 is 0 Å². The summed E-state index contributed by atoms with van der Waals surface area (Å²) in [7, 11) is 0. The number of carbonyl (C=O) groups excluding carboxylic acids is 1. The Morgan fingerprint density at radius 1 is 1.29 bits per heavy atom. The van der Waals surface area contributed by atoms with Crippen LogP contribution in [0.25, 0.3) is 15.7 Å². The molecule has 0 unspecified atom stereocenters. The van der Waals surface area contributed by atoms with E-state index in [1.807, 2.05) is 19.1 Å². The summed E-state index contributed by atoms with van der Waals surface area (Å²) in [6.45, 7) is 2.02. The predicted octanol–water partition coefficient (Wildman–Crippen LogP) is 2.47. The minimum Gasteiger partial charge on any atom is -0.352 e. The molecule has 3 aromatic heterocycles. The van der Waals surface area contributed by atoms with Crippen molar-refractivity contribution in [2.45, 2.75) is 51.6 Å². The van der Waals surface area contributed by atoms with Gasteiger partial charge in [0, 0.05) is 10.9 Å². The molecule has 6 nitrogen and oxygen atoms in total. The van der Waals surface area contributed by atoms with Crippen molar-refractivity contribution in [2.75, 3.05) is 0 Å². The number of thiophene rings is 1. The highest BCUT2D eigenvalue weighted by Gasteiger charge is 2.17. The highest BCUT2D eigenvalue weighted by atomic mass is 32.1. The van der Waals surface area contributed by atoms with Crippen LogP contribution < -0.4 is 10.9 Å². The van der Waals surface area contributed by atoms with Crippen molar-refractivity contribution in [3.63, 3.8) is 0 Å². The first-order valence-corrected chi connectivity index (χ1v) is 9.20. The van der Waals surface area contributed by atoms with Crippen molar-refractivity contribution in [3.05, 3.63) is 33.7 Å². The molecule has 1 aliphatic carbocycles. The van der Waals surface area contributed by atoms with E-state index in [-0.39, 0.29) is 24.1 Å². The van der Waals surface area contributed by atoms with Crippen LogP contribution in [0.5, 0.6) is 0 Å². The van der Waals surface area contributed by atoms with Crippen LogP contribution >= 0.6 is 11.3 Å². The van der Waals surface area contributed by atoms with Gasteiger partial charge in [0.1, 0.15) is 18.4 Å². The fraction of sp³-hybridized carbons (Fsp3) is 0.471. The molecule has 1 N–H and O–H groups in total. The number of nitrogens with one attached hydrogen (secondary N) is 1. The fourth-order valence-corrected chi connectivity index (χ4v) is 4.44. The van der Waals surface area contributed by atoms with Gasteiger partial charge in [0.15, 0.2) is 0 Å². The quantitative estimate of drug-likeness (QED) is 0.793. The highest BCUT2D eigenvalue weighted by Crippen LogP contribution is 2.27. The van der Waals surface area contributed by atoms with E-state index in [1.54, 1.807) is 22.1 Å². The Hall–Kier alpha value is -2.15. The number of hydrogen-bond donors (Lipinski definition) is 1. The van der Waals surface area contributed by atoms with Crippen molar-refractivity contribution in [1.29, 1.82) is 0 Å². The Bertz CT molecular complexity index is 962. The van der Waals surface area contributed by atoms with Crippen LogP contribution in [0.1, 0.15) is 37.0 Å². The molecule has 1 aliphatic rings. The van der Waals surface area contributed by atoms with Gasteiger partial charge in [0.25, 0.3) is 5.56 Å². The molecule has 0 aromatic carbocycles. The van der Waals surface area contributed by atoms with Gasteiger partial charge in [0.05, 0.1) is 10.2 Å². The lowest BCUT2D eigenvalue weighted by Gasteiger charge is -2.22. The summed E-state index contributed by atoms with van der Waals surface area (Å²) < 4.78 is 4.12. The number of carbonyl (C=O) groups is 1. The number of rotatable bonds is 3. The molecule has 0 atom stereocenters. The van der Waals surface area contributed by atoms with Crippen LogP contribution in [0, 0.1) is 6.92 Å². The molecule has 4 rings (SSSR count). The first kappa shape index (κ1) is 15.4. The minimum absolute atomic E-state index is 0.0241. The molecule has 3 aromatic rings. The second kappa shape index (κ2) is 6.05. The summed E-state index contributed by atoms with van der Waals surface area (Å²) in [5, 5.41) is 7.21. The van der Waals surface area contributed by atoms with E-state index >= 15 is 0 Å². The number of nitrogens with zero attached hydrogens (tertiary/aromatic N) is 3. The maximum absolute atomic E-state index is 12.6. The van der Waals surface area contributed by atoms with Gasteiger partial charge in [-0.15, -0.1) is 11.3 Å². The number of aryl methyl sites for hydroxylation is 1. The molecule has 1 saturated carbocycles. The van der Waals surface area contributed by atoms with E-state index < -0.39 is 0 Å². The smallest absolute Gasteiger partial charge is 0.291 e. The molecule has 0 saturated heterocycles. The third-order valence-electron chi connectivity index (χ3n) is 4.67. The van der Waals surface area contributed by atoms with Crippen LogP contribution in [-0.2, 0) is 11.3 Å². The Morgan fingerprint density at radius 2 is 2.08 bits per heavy atom. The van der Waals surface area contributed by atoms with Gasteiger partial charge in [-0.25, -0.2) is 4.68 Å². The summed E-state index contributed by atoms with van der Waals surface area (Å²) >= 11 is 1.65. The second-order valence-electron chi connectivity index (χ2n) is 6.50. The van der Waals surface area contributed by atoms with Gasteiger partial charge < -0.3 is 5.32 Å². The van der Waals surface area contributed by atoms with Gasteiger partial charge in [-0.1, -0.05) is 19.3 Å². The molecule has 0 aliphatic heterocycles. The molecule has 0 bridgehead atoms. The maximum atomic E-state index is 12.6. The van der Waals surface area contributed by atoms with Gasteiger partial charge in [0.2, 0.25) is 5.91 Å². The monoisotopic (exact) mass is 344 g/mol. The topological polar surface area (TPSA) is 68.4 Å². The van der Waals surface area contributed by atoms with Gasteiger partial charge in [-0.05, 0) is 31.9 Å². The van der Waals surface area contributed by atoms with E-state index in [9.17, 15) is 9.59 Å². The van der Waals surface area contributed by atoms with Crippen LogP contribution in [0.4, 0.5) is 0 Å². The number of amides is 1. The first-order chi connectivity index (χ1) is 11.6. The average molecular weight is 344 g/mol. The van der Waals surface area contributed by atoms with Gasteiger partial charge in [-0.3, -0.25) is 14.0 Å². The Kier molecular flexibility index (Phi) is 3.88. The lowest BCUT2D eigenvalue weighted by Crippen LogP contribution is -2.40. The maximum Gasteiger partial charge on any atom is 0.291 e. The Labute approximate surface area is 143 Å². The molecule has 0 radical (unpaired) electrons. The van der Waals surface area contributed by atoms with Crippen LogP contribution in [-0.4, -0.2) is 26.1 Å². The zero-order chi connectivity index (χ0) is 16.7. The Balaban J connectivity index is 1.58. The zero-order valence-corrected chi connectivity index (χ0v) is 14.4. The van der Waals surface area contributed by atoms with E-state index in [2.05, 4.69) is 10.4 Å². The van der Waals surface area contributed by atoms with Crippen molar-refractivity contribution in [3.8, 4) is 0 Å². The standard InChI is InChI=1S/C17H20N4O2S/c1-11-7-13-15(24-11)8-14-17(23)21(18-10-20(13)14)9-16(22)19-12-5-3-2-4-6-12/h7-8,10,12H,2-6,9H2,1H3,(H,19,22). The Morgan fingerprint density at radius 3 is 2.88 bits per heavy atom. The molecule has 1 fully saturated rings. The SMILES string of the molecule is Cc1cc2c(cc3c(=O)n(CC(=O)NC4CCCCC4)ncn32)s1. The van der Waals surface area contributed by atoms with E-state index in [0.29, 0.717) is 5.52 Å². The fourth-order valence-electron chi connectivity index (χ4n) is 3.49.